The summed E-state index contributed by atoms with van der Waals surface area (Å²) in [5.41, 5.74) is 5.89. The molecule has 0 fully saturated rings. The molecule has 0 unspecified atom stereocenters. The first-order valence-electron chi connectivity index (χ1n) is 6.47. The van der Waals surface area contributed by atoms with Gasteiger partial charge < -0.3 is 10.3 Å². The van der Waals surface area contributed by atoms with Gasteiger partial charge in [0.05, 0.1) is 0 Å². The zero-order valence-corrected chi connectivity index (χ0v) is 11.5. The highest BCUT2D eigenvalue weighted by Crippen LogP contribution is 2.10. The summed E-state index contributed by atoms with van der Waals surface area (Å²) in [6, 6.07) is 0. The molecule has 2 rings (SSSR count). The molecule has 0 aliphatic rings. The molecule has 2 heterocycles. The van der Waals surface area contributed by atoms with Crippen molar-refractivity contribution in [2.45, 2.75) is 40.4 Å². The molecule has 0 saturated heterocycles. The van der Waals surface area contributed by atoms with Gasteiger partial charge in [-0.15, -0.1) is 0 Å². The molecule has 0 spiro atoms. The van der Waals surface area contributed by atoms with E-state index in [4.69, 9.17) is 5.73 Å². The van der Waals surface area contributed by atoms with E-state index in [0.717, 1.165) is 0 Å². The number of imidazole rings is 1. The number of nitrogens with two attached hydrogens (primary N) is 1. The topological polar surface area (TPSA) is 87.8 Å². The first-order valence-corrected chi connectivity index (χ1v) is 6.47. The van der Waals surface area contributed by atoms with Crippen LogP contribution < -0.4 is 17.0 Å². The molecule has 2 aromatic heterocycles. The van der Waals surface area contributed by atoms with Crippen molar-refractivity contribution in [3.05, 3.63) is 26.7 Å². The molecule has 0 bridgehead atoms. The van der Waals surface area contributed by atoms with Crippen LogP contribution in [-0.4, -0.2) is 25.2 Å². The van der Waals surface area contributed by atoms with E-state index in [1.807, 2.05) is 13.8 Å². The smallest absolute Gasteiger partial charge is 0.329 e. The minimum absolute atomic E-state index is 0.291. The Morgan fingerprint density at radius 3 is 2.26 bits per heavy atom. The Morgan fingerprint density at radius 2 is 1.74 bits per heavy atom. The fourth-order valence-electron chi connectivity index (χ4n) is 2.37. The van der Waals surface area contributed by atoms with Crippen LogP contribution in [-0.2, 0) is 19.6 Å². The molecule has 0 atom stereocenters. The van der Waals surface area contributed by atoms with Gasteiger partial charge in [-0.2, -0.15) is 0 Å². The molecule has 0 amide bonds. The largest absolute Gasteiger partial charge is 0.332 e. The van der Waals surface area contributed by atoms with Gasteiger partial charge in [0, 0.05) is 26.2 Å². The molecule has 2 N–H and O–H groups in total. The normalized spacial score (nSPS) is 11.4. The van der Waals surface area contributed by atoms with E-state index < -0.39 is 0 Å². The van der Waals surface area contributed by atoms with Crippen molar-refractivity contribution in [2.75, 3.05) is 6.54 Å². The van der Waals surface area contributed by atoms with Crippen LogP contribution in [0, 0.1) is 6.92 Å². The number of hydrogen-bond donors (Lipinski definition) is 1. The maximum atomic E-state index is 12.4. The van der Waals surface area contributed by atoms with E-state index >= 15 is 0 Å². The van der Waals surface area contributed by atoms with Crippen LogP contribution in [0.15, 0.2) is 9.59 Å². The van der Waals surface area contributed by atoms with Crippen molar-refractivity contribution in [2.24, 2.45) is 5.73 Å². The van der Waals surface area contributed by atoms with Crippen LogP contribution in [0.1, 0.15) is 19.7 Å². The third kappa shape index (κ3) is 1.90. The lowest BCUT2D eigenvalue weighted by Gasteiger charge is -2.09. The second-order valence-electron chi connectivity index (χ2n) is 4.35. The number of aryl methyl sites for hydroxylation is 2. The van der Waals surface area contributed by atoms with Gasteiger partial charge in [-0.1, -0.05) is 0 Å². The average Bonchev–Trinajstić information content (AvgIpc) is 2.69. The van der Waals surface area contributed by atoms with Crippen molar-refractivity contribution >= 4 is 11.2 Å². The van der Waals surface area contributed by atoms with Gasteiger partial charge in [-0.05, 0) is 20.8 Å². The fourth-order valence-corrected chi connectivity index (χ4v) is 2.37. The first kappa shape index (κ1) is 13.5. The van der Waals surface area contributed by atoms with Gasteiger partial charge in [0.1, 0.15) is 5.82 Å². The Balaban J connectivity index is 3.00. The SMILES string of the molecule is CCn1c(=O)c2c(nc(C)n2CCN)n(CC)c1=O. The lowest BCUT2D eigenvalue weighted by atomic mass is 10.4. The molecule has 0 saturated carbocycles. The number of hydrogen-bond acceptors (Lipinski definition) is 4. The van der Waals surface area contributed by atoms with Crippen LogP contribution in [0.25, 0.3) is 11.2 Å². The summed E-state index contributed by atoms with van der Waals surface area (Å²) in [5.74, 6) is 0.702. The van der Waals surface area contributed by atoms with Crippen molar-refractivity contribution in [1.82, 2.24) is 18.7 Å². The zero-order chi connectivity index (χ0) is 14.2. The van der Waals surface area contributed by atoms with Gasteiger partial charge in [-0.25, -0.2) is 9.78 Å². The van der Waals surface area contributed by atoms with E-state index in [9.17, 15) is 9.59 Å². The van der Waals surface area contributed by atoms with Crippen LogP contribution >= 0.6 is 0 Å². The highest BCUT2D eigenvalue weighted by Gasteiger charge is 2.18. The zero-order valence-electron chi connectivity index (χ0n) is 11.5. The molecule has 19 heavy (non-hydrogen) atoms. The summed E-state index contributed by atoms with van der Waals surface area (Å²) < 4.78 is 4.55. The molecule has 7 nitrogen and oxygen atoms in total. The summed E-state index contributed by atoms with van der Waals surface area (Å²) in [6.07, 6.45) is 0. The minimum atomic E-state index is -0.306. The van der Waals surface area contributed by atoms with Gasteiger partial charge in [-0.3, -0.25) is 13.9 Å². The molecule has 2 aromatic rings. The minimum Gasteiger partial charge on any atom is -0.329 e. The Bertz CT molecular complexity index is 722. The van der Waals surface area contributed by atoms with Crippen LogP contribution in [0.3, 0.4) is 0 Å². The molecule has 7 heteroatoms. The lowest BCUT2D eigenvalue weighted by Crippen LogP contribution is -2.40. The van der Waals surface area contributed by atoms with Crippen LogP contribution in [0.5, 0.6) is 0 Å². The van der Waals surface area contributed by atoms with Gasteiger partial charge in [0.25, 0.3) is 5.56 Å². The molecular weight excluding hydrogens is 246 g/mol. The van der Waals surface area contributed by atoms with Crippen molar-refractivity contribution in [3.63, 3.8) is 0 Å². The lowest BCUT2D eigenvalue weighted by molar-refractivity contribution is 0.601. The van der Waals surface area contributed by atoms with Gasteiger partial charge in [0.2, 0.25) is 0 Å². The molecule has 0 aliphatic heterocycles. The van der Waals surface area contributed by atoms with E-state index in [0.29, 0.717) is 43.2 Å². The van der Waals surface area contributed by atoms with Gasteiger partial charge >= 0.3 is 5.69 Å². The second kappa shape index (κ2) is 5.00. The summed E-state index contributed by atoms with van der Waals surface area (Å²) in [6.45, 7) is 7.23. The quantitative estimate of drug-likeness (QED) is 0.819. The third-order valence-electron chi connectivity index (χ3n) is 3.29. The van der Waals surface area contributed by atoms with Crippen molar-refractivity contribution < 1.29 is 0 Å². The Labute approximate surface area is 110 Å². The van der Waals surface area contributed by atoms with Crippen molar-refractivity contribution in [3.8, 4) is 0 Å². The van der Waals surface area contributed by atoms with Crippen LogP contribution in [0.4, 0.5) is 0 Å². The monoisotopic (exact) mass is 265 g/mol. The summed E-state index contributed by atoms with van der Waals surface area (Å²) in [4.78, 5) is 29.0. The first-order chi connectivity index (χ1) is 9.06. The summed E-state index contributed by atoms with van der Waals surface area (Å²) in [5, 5.41) is 0. The standard InChI is InChI=1S/C12H19N5O2/c1-4-15-10-9(11(18)16(5-2)12(15)19)17(7-6-13)8(3)14-10/h4-7,13H2,1-3H3. The van der Waals surface area contributed by atoms with E-state index in [-0.39, 0.29) is 11.2 Å². The molecule has 104 valence electrons. The van der Waals surface area contributed by atoms with E-state index in [2.05, 4.69) is 4.98 Å². The number of fused-ring (bicyclic) bond motifs is 1. The molecule has 0 aromatic carbocycles. The van der Waals surface area contributed by atoms with E-state index in [1.165, 1.54) is 9.13 Å². The molecular formula is C12H19N5O2. The third-order valence-corrected chi connectivity index (χ3v) is 3.29. The maximum Gasteiger partial charge on any atom is 0.332 e. The molecule has 0 radical (unpaired) electrons. The molecule has 0 aliphatic carbocycles. The van der Waals surface area contributed by atoms with Crippen LogP contribution in [0.2, 0.25) is 0 Å². The highest BCUT2D eigenvalue weighted by atomic mass is 16.2. The Hall–Kier alpha value is -1.89. The summed E-state index contributed by atoms with van der Waals surface area (Å²) in [7, 11) is 0. The number of nitrogens with zero attached hydrogens (tertiary/aromatic N) is 4. The van der Waals surface area contributed by atoms with E-state index in [1.54, 1.807) is 11.5 Å². The predicted molar refractivity (Wildman–Crippen MR) is 73.4 cm³/mol. The number of aromatic nitrogens is 4. The van der Waals surface area contributed by atoms with Crippen molar-refractivity contribution in [1.29, 1.82) is 0 Å². The average molecular weight is 265 g/mol. The fraction of sp³-hybridized carbons (Fsp3) is 0.583. The van der Waals surface area contributed by atoms with Gasteiger partial charge in [0.15, 0.2) is 11.2 Å². The predicted octanol–water partition coefficient (Wildman–Crippen LogP) is -0.333. The highest BCUT2D eigenvalue weighted by molar-refractivity contribution is 5.71. The Morgan fingerprint density at radius 1 is 1.11 bits per heavy atom. The maximum absolute atomic E-state index is 12.4. The summed E-state index contributed by atoms with van der Waals surface area (Å²) >= 11 is 0. The number of rotatable bonds is 4. The second-order valence-corrected chi connectivity index (χ2v) is 4.35. The Kier molecular flexibility index (Phi) is 3.57.